The second-order valence-electron chi connectivity index (χ2n) is 7.20. The van der Waals surface area contributed by atoms with Gasteiger partial charge >= 0.3 is 0 Å². The van der Waals surface area contributed by atoms with Crippen molar-refractivity contribution in [3.05, 3.63) is 70.7 Å². The van der Waals surface area contributed by atoms with E-state index in [1.54, 1.807) is 4.90 Å². The molecule has 2 saturated heterocycles. The standard InChI is InChI=1S/C21H22ClN3O2/c22-16-8-6-15(7-9-16)12-23-17-11-19-20(26)24-18(21(27)25(19)13-17)10-14-4-2-1-3-5-14/h1-9,17-19,23H,10-13H2,(H,24,26)/t17-,18+,19-/m0/s1. The third-order valence-electron chi connectivity index (χ3n) is 5.29. The van der Waals surface area contributed by atoms with Gasteiger partial charge in [0.25, 0.3) is 0 Å². The number of rotatable bonds is 5. The monoisotopic (exact) mass is 383 g/mol. The molecule has 2 N–H and O–H groups in total. The van der Waals surface area contributed by atoms with Crippen molar-refractivity contribution in [1.82, 2.24) is 15.5 Å². The predicted molar refractivity (Wildman–Crippen MR) is 104 cm³/mol. The van der Waals surface area contributed by atoms with Gasteiger partial charge < -0.3 is 15.5 Å². The van der Waals surface area contributed by atoms with Gasteiger partial charge in [-0.1, -0.05) is 54.1 Å². The van der Waals surface area contributed by atoms with Gasteiger partial charge in [0.1, 0.15) is 12.1 Å². The van der Waals surface area contributed by atoms with Crippen LogP contribution in [0.25, 0.3) is 0 Å². The summed E-state index contributed by atoms with van der Waals surface area (Å²) >= 11 is 5.92. The minimum Gasteiger partial charge on any atom is -0.342 e. The highest BCUT2D eigenvalue weighted by atomic mass is 35.5. The van der Waals surface area contributed by atoms with Crippen molar-refractivity contribution < 1.29 is 9.59 Å². The molecule has 0 unspecified atom stereocenters. The number of nitrogens with one attached hydrogen (secondary N) is 2. The maximum Gasteiger partial charge on any atom is 0.246 e. The largest absolute Gasteiger partial charge is 0.342 e. The molecule has 2 heterocycles. The zero-order valence-corrected chi connectivity index (χ0v) is 15.7. The highest BCUT2D eigenvalue weighted by molar-refractivity contribution is 6.30. The molecule has 2 amide bonds. The number of halogens is 1. The molecule has 140 valence electrons. The zero-order valence-electron chi connectivity index (χ0n) is 14.9. The van der Waals surface area contributed by atoms with Crippen molar-refractivity contribution in [1.29, 1.82) is 0 Å². The molecule has 2 aliphatic rings. The van der Waals surface area contributed by atoms with Crippen LogP contribution in [-0.4, -0.2) is 41.4 Å². The van der Waals surface area contributed by atoms with Crippen LogP contribution in [0.5, 0.6) is 0 Å². The highest BCUT2D eigenvalue weighted by Gasteiger charge is 2.46. The van der Waals surface area contributed by atoms with Crippen LogP contribution >= 0.6 is 11.6 Å². The van der Waals surface area contributed by atoms with Gasteiger partial charge in [-0.05, 0) is 29.7 Å². The quantitative estimate of drug-likeness (QED) is 0.831. The van der Waals surface area contributed by atoms with Crippen molar-refractivity contribution in [3.8, 4) is 0 Å². The van der Waals surface area contributed by atoms with Crippen LogP contribution in [0.3, 0.4) is 0 Å². The van der Waals surface area contributed by atoms with Crippen molar-refractivity contribution in [3.63, 3.8) is 0 Å². The maximum atomic E-state index is 12.9. The highest BCUT2D eigenvalue weighted by Crippen LogP contribution is 2.24. The molecule has 0 bridgehead atoms. The number of hydrogen-bond donors (Lipinski definition) is 2. The lowest BCUT2D eigenvalue weighted by atomic mass is 10.0. The van der Waals surface area contributed by atoms with E-state index in [0.29, 0.717) is 31.0 Å². The minimum atomic E-state index is -0.480. The molecule has 2 aromatic carbocycles. The Balaban J connectivity index is 1.38. The Morgan fingerprint density at radius 1 is 1.04 bits per heavy atom. The lowest BCUT2D eigenvalue weighted by Crippen LogP contribution is -2.61. The Morgan fingerprint density at radius 2 is 1.78 bits per heavy atom. The second-order valence-corrected chi connectivity index (χ2v) is 7.63. The van der Waals surface area contributed by atoms with E-state index >= 15 is 0 Å². The molecule has 4 rings (SSSR count). The van der Waals surface area contributed by atoms with E-state index in [2.05, 4.69) is 10.6 Å². The minimum absolute atomic E-state index is 0.0132. The fourth-order valence-corrected chi connectivity index (χ4v) is 3.98. The molecule has 0 saturated carbocycles. The number of carbonyl (C=O) groups excluding carboxylic acids is 2. The number of fused-ring (bicyclic) bond motifs is 1. The molecule has 5 nitrogen and oxygen atoms in total. The van der Waals surface area contributed by atoms with Crippen LogP contribution in [0.2, 0.25) is 5.02 Å². The van der Waals surface area contributed by atoms with Crippen LogP contribution in [0, 0.1) is 0 Å². The third kappa shape index (κ3) is 3.99. The summed E-state index contributed by atoms with van der Waals surface area (Å²) in [7, 11) is 0. The summed E-state index contributed by atoms with van der Waals surface area (Å²) in [6.07, 6.45) is 1.17. The van der Waals surface area contributed by atoms with E-state index in [0.717, 1.165) is 11.1 Å². The third-order valence-corrected chi connectivity index (χ3v) is 5.54. The van der Waals surface area contributed by atoms with E-state index in [9.17, 15) is 9.59 Å². The second kappa shape index (κ2) is 7.71. The normalized spacial score (nSPS) is 24.6. The molecule has 0 aromatic heterocycles. The van der Waals surface area contributed by atoms with E-state index in [4.69, 9.17) is 11.6 Å². The van der Waals surface area contributed by atoms with Gasteiger partial charge in [-0.3, -0.25) is 9.59 Å². The topological polar surface area (TPSA) is 61.4 Å². The van der Waals surface area contributed by atoms with Crippen LogP contribution in [0.1, 0.15) is 17.5 Å². The lowest BCUT2D eigenvalue weighted by Gasteiger charge is -2.34. The molecule has 2 fully saturated rings. The smallest absolute Gasteiger partial charge is 0.246 e. The molecule has 0 spiro atoms. The van der Waals surface area contributed by atoms with E-state index in [-0.39, 0.29) is 23.9 Å². The maximum absolute atomic E-state index is 12.9. The first-order valence-corrected chi connectivity index (χ1v) is 9.60. The van der Waals surface area contributed by atoms with E-state index < -0.39 is 6.04 Å². The van der Waals surface area contributed by atoms with Gasteiger partial charge in [-0.25, -0.2) is 0 Å². The zero-order chi connectivity index (χ0) is 18.8. The first-order chi connectivity index (χ1) is 13.1. The van der Waals surface area contributed by atoms with Crippen LogP contribution < -0.4 is 10.6 Å². The SMILES string of the molecule is O=C1N[C@H](Cc2ccccc2)C(=O)N2C[C@@H](NCc3ccc(Cl)cc3)C[C@@H]12. The molecule has 0 radical (unpaired) electrons. The van der Waals surface area contributed by atoms with Crippen LogP contribution in [0.15, 0.2) is 54.6 Å². The number of benzene rings is 2. The summed E-state index contributed by atoms with van der Waals surface area (Å²) < 4.78 is 0. The number of amides is 2. The molecule has 2 aliphatic heterocycles. The Labute approximate surface area is 163 Å². The van der Waals surface area contributed by atoms with Gasteiger partial charge in [0.05, 0.1) is 0 Å². The number of carbonyl (C=O) groups is 2. The molecular formula is C21H22ClN3O2. The number of nitrogens with zero attached hydrogens (tertiary/aromatic N) is 1. The fraction of sp³-hybridized carbons (Fsp3) is 0.333. The average Bonchev–Trinajstić information content (AvgIpc) is 3.12. The number of hydrogen-bond acceptors (Lipinski definition) is 3. The lowest BCUT2D eigenvalue weighted by molar-refractivity contribution is -0.147. The first kappa shape index (κ1) is 18.0. The molecular weight excluding hydrogens is 362 g/mol. The summed E-state index contributed by atoms with van der Waals surface area (Å²) in [4.78, 5) is 27.2. The summed E-state index contributed by atoms with van der Waals surface area (Å²) in [6.45, 7) is 1.25. The van der Waals surface area contributed by atoms with Gasteiger partial charge in [-0.2, -0.15) is 0 Å². The van der Waals surface area contributed by atoms with Crippen LogP contribution in [-0.2, 0) is 22.6 Å². The molecule has 27 heavy (non-hydrogen) atoms. The Hall–Kier alpha value is -2.37. The van der Waals surface area contributed by atoms with Gasteiger partial charge in [-0.15, -0.1) is 0 Å². The summed E-state index contributed by atoms with van der Waals surface area (Å²) in [5.74, 6) is -0.0365. The Bertz CT molecular complexity index is 825. The molecule has 2 aromatic rings. The van der Waals surface area contributed by atoms with Gasteiger partial charge in [0.15, 0.2) is 0 Å². The molecule has 3 atom stereocenters. The van der Waals surface area contributed by atoms with E-state index in [1.165, 1.54) is 0 Å². The Kier molecular flexibility index (Phi) is 5.14. The van der Waals surface area contributed by atoms with Gasteiger partial charge in [0.2, 0.25) is 11.8 Å². The molecule has 0 aliphatic carbocycles. The first-order valence-electron chi connectivity index (χ1n) is 9.23. The van der Waals surface area contributed by atoms with Crippen molar-refractivity contribution in [2.24, 2.45) is 0 Å². The van der Waals surface area contributed by atoms with E-state index in [1.807, 2.05) is 54.6 Å². The fourth-order valence-electron chi connectivity index (χ4n) is 3.86. The summed E-state index contributed by atoms with van der Waals surface area (Å²) in [5.41, 5.74) is 2.17. The average molecular weight is 384 g/mol. The summed E-state index contributed by atoms with van der Waals surface area (Å²) in [5, 5.41) is 7.09. The Morgan fingerprint density at radius 3 is 2.52 bits per heavy atom. The predicted octanol–water partition coefficient (Wildman–Crippen LogP) is 2.14. The van der Waals surface area contributed by atoms with Crippen molar-refractivity contribution in [2.45, 2.75) is 37.5 Å². The van der Waals surface area contributed by atoms with Crippen molar-refractivity contribution in [2.75, 3.05) is 6.54 Å². The number of piperazine rings is 1. The summed E-state index contributed by atoms with van der Waals surface area (Å²) in [6, 6.07) is 16.7. The van der Waals surface area contributed by atoms with Crippen molar-refractivity contribution >= 4 is 23.4 Å². The van der Waals surface area contributed by atoms with Gasteiger partial charge in [0, 0.05) is 30.6 Å². The van der Waals surface area contributed by atoms with Crippen LogP contribution in [0.4, 0.5) is 0 Å². The molecule has 6 heteroatoms.